The van der Waals surface area contributed by atoms with Crippen molar-refractivity contribution in [2.45, 2.75) is 18.7 Å². The highest BCUT2D eigenvalue weighted by Crippen LogP contribution is 2.19. The van der Waals surface area contributed by atoms with Gasteiger partial charge in [-0.15, -0.1) is 0 Å². The molecule has 1 aliphatic rings. The second-order valence-electron chi connectivity index (χ2n) is 3.50. The Kier molecular flexibility index (Phi) is 2.26. The molecular weight excluding hydrogens is 220 g/mol. The summed E-state index contributed by atoms with van der Waals surface area (Å²) in [6.45, 7) is -0.238. The van der Waals surface area contributed by atoms with E-state index in [4.69, 9.17) is 5.11 Å². The predicted octanol–water partition coefficient (Wildman–Crippen LogP) is -0.561. The summed E-state index contributed by atoms with van der Waals surface area (Å²) >= 11 is 0. The molecule has 1 N–H and O–H groups in total. The fourth-order valence-corrected chi connectivity index (χ4v) is 3.04. The van der Waals surface area contributed by atoms with Crippen molar-refractivity contribution >= 4 is 15.8 Å². The van der Waals surface area contributed by atoms with Crippen LogP contribution in [0.4, 0.5) is 0 Å². The van der Waals surface area contributed by atoms with Crippen LogP contribution < -0.4 is 0 Å². The summed E-state index contributed by atoms with van der Waals surface area (Å²) in [7, 11) is -3.08. The Morgan fingerprint density at radius 3 is 3.00 bits per heavy atom. The maximum absolute atomic E-state index is 11.4. The zero-order chi connectivity index (χ0) is 11.1. The number of carboxylic acid groups (broad SMARTS) is 1. The highest BCUT2D eigenvalue weighted by molar-refractivity contribution is 7.90. The molecule has 0 radical (unpaired) electrons. The van der Waals surface area contributed by atoms with Crippen molar-refractivity contribution in [3.8, 4) is 0 Å². The molecule has 0 unspecified atom stereocenters. The van der Waals surface area contributed by atoms with Crippen molar-refractivity contribution in [3.63, 3.8) is 0 Å². The third-order valence-corrected chi connectivity index (χ3v) is 3.88. The lowest BCUT2D eigenvalue weighted by atomic mass is 10.3. The Morgan fingerprint density at radius 1 is 1.60 bits per heavy atom. The zero-order valence-corrected chi connectivity index (χ0v) is 8.70. The Labute approximate surface area is 86.5 Å². The van der Waals surface area contributed by atoms with E-state index in [2.05, 4.69) is 4.98 Å². The van der Waals surface area contributed by atoms with E-state index >= 15 is 0 Å². The maximum atomic E-state index is 11.4. The molecule has 7 heteroatoms. The molecule has 0 fully saturated rings. The number of nitrogens with zero attached hydrogens (tertiary/aromatic N) is 2. The highest BCUT2D eigenvalue weighted by atomic mass is 32.2. The van der Waals surface area contributed by atoms with Crippen LogP contribution in [0.25, 0.3) is 0 Å². The van der Waals surface area contributed by atoms with Crippen molar-refractivity contribution in [1.82, 2.24) is 9.55 Å². The van der Waals surface area contributed by atoms with E-state index < -0.39 is 15.8 Å². The second kappa shape index (κ2) is 3.34. The van der Waals surface area contributed by atoms with Crippen molar-refractivity contribution in [2.24, 2.45) is 0 Å². The molecular formula is C8H10N2O4S. The average molecular weight is 230 g/mol. The summed E-state index contributed by atoms with van der Waals surface area (Å²) in [6, 6.07) is 0. The first kappa shape index (κ1) is 10.2. The van der Waals surface area contributed by atoms with Crippen LogP contribution in [0.5, 0.6) is 0 Å². The van der Waals surface area contributed by atoms with Crippen LogP contribution in [-0.4, -0.2) is 34.8 Å². The number of carbonyl (C=O) groups is 1. The molecule has 0 saturated carbocycles. The first-order valence-electron chi connectivity index (χ1n) is 4.43. The Morgan fingerprint density at radius 2 is 2.33 bits per heavy atom. The third-order valence-electron chi connectivity index (χ3n) is 2.34. The van der Waals surface area contributed by atoms with Crippen LogP contribution in [0.3, 0.4) is 0 Å². The molecule has 82 valence electrons. The number of aliphatic carboxylic acids is 1. The lowest BCUT2D eigenvalue weighted by molar-refractivity contribution is -0.137. The summed E-state index contributed by atoms with van der Waals surface area (Å²) in [6.07, 6.45) is 1.77. The van der Waals surface area contributed by atoms with Crippen molar-refractivity contribution in [1.29, 1.82) is 0 Å². The van der Waals surface area contributed by atoms with E-state index in [1.165, 1.54) is 10.9 Å². The van der Waals surface area contributed by atoms with Crippen LogP contribution in [-0.2, 0) is 33.4 Å². The summed E-state index contributed by atoms with van der Waals surface area (Å²) in [4.78, 5) is 14.5. The van der Waals surface area contributed by atoms with Crippen LogP contribution in [0, 0.1) is 0 Å². The number of carboxylic acids is 1. The van der Waals surface area contributed by atoms with Gasteiger partial charge in [0, 0.05) is 6.42 Å². The molecule has 0 amide bonds. The van der Waals surface area contributed by atoms with E-state index in [-0.39, 0.29) is 18.1 Å². The van der Waals surface area contributed by atoms with Crippen molar-refractivity contribution in [3.05, 3.63) is 17.7 Å². The minimum atomic E-state index is -3.08. The molecule has 2 rings (SSSR count). The predicted molar refractivity (Wildman–Crippen MR) is 51.1 cm³/mol. The van der Waals surface area contributed by atoms with E-state index in [1.54, 1.807) is 0 Å². The van der Waals surface area contributed by atoms with Crippen LogP contribution >= 0.6 is 0 Å². The van der Waals surface area contributed by atoms with Crippen LogP contribution in [0.15, 0.2) is 6.33 Å². The van der Waals surface area contributed by atoms with E-state index in [1.807, 2.05) is 0 Å². The van der Waals surface area contributed by atoms with Crippen LogP contribution in [0.2, 0.25) is 0 Å². The van der Waals surface area contributed by atoms with Gasteiger partial charge in [-0.3, -0.25) is 4.79 Å². The summed E-state index contributed by atoms with van der Waals surface area (Å²) in [5.74, 6) is -1.00. The van der Waals surface area contributed by atoms with Gasteiger partial charge in [0.25, 0.3) is 0 Å². The fourth-order valence-electron chi connectivity index (χ4n) is 1.64. The van der Waals surface area contributed by atoms with Crippen molar-refractivity contribution < 1.29 is 18.3 Å². The molecule has 0 aromatic carbocycles. The third kappa shape index (κ3) is 2.01. The van der Waals surface area contributed by atoms with Gasteiger partial charge >= 0.3 is 5.97 Å². The normalized spacial score (nSPS) is 18.4. The molecule has 0 atom stereocenters. The highest BCUT2D eigenvalue weighted by Gasteiger charge is 2.25. The number of aromatic nitrogens is 2. The standard InChI is InChI=1S/C8H10N2O4S/c11-8(12)3-10-5-9-6-1-2-15(13,14)4-7(6)10/h5H,1-4H2,(H,11,12). The fraction of sp³-hybridized carbons (Fsp3) is 0.500. The van der Waals surface area contributed by atoms with Gasteiger partial charge in [0.1, 0.15) is 6.54 Å². The molecule has 0 bridgehead atoms. The Bertz CT molecular complexity index is 503. The van der Waals surface area contributed by atoms with E-state index in [0.29, 0.717) is 17.8 Å². The average Bonchev–Trinajstić information content (AvgIpc) is 2.46. The first-order chi connectivity index (χ1) is 6.98. The molecule has 1 aromatic rings. The SMILES string of the molecule is O=C(O)Cn1cnc2c1CS(=O)(=O)CC2. The monoisotopic (exact) mass is 230 g/mol. The second-order valence-corrected chi connectivity index (χ2v) is 5.69. The minimum Gasteiger partial charge on any atom is -0.480 e. The van der Waals surface area contributed by atoms with Gasteiger partial charge in [-0.05, 0) is 0 Å². The lowest BCUT2D eigenvalue weighted by Gasteiger charge is -2.13. The zero-order valence-electron chi connectivity index (χ0n) is 7.88. The molecule has 0 saturated heterocycles. The number of rotatable bonds is 2. The molecule has 2 heterocycles. The van der Waals surface area contributed by atoms with Gasteiger partial charge in [-0.2, -0.15) is 0 Å². The summed E-state index contributed by atoms with van der Waals surface area (Å²) in [5.41, 5.74) is 1.22. The van der Waals surface area contributed by atoms with Gasteiger partial charge in [0.2, 0.25) is 0 Å². The largest absolute Gasteiger partial charge is 0.480 e. The summed E-state index contributed by atoms with van der Waals surface area (Å²) < 4.78 is 24.1. The smallest absolute Gasteiger partial charge is 0.323 e. The molecule has 0 spiro atoms. The number of hydrogen-bond acceptors (Lipinski definition) is 4. The number of imidazole rings is 1. The topological polar surface area (TPSA) is 89.3 Å². The van der Waals surface area contributed by atoms with E-state index in [9.17, 15) is 13.2 Å². The van der Waals surface area contributed by atoms with E-state index in [0.717, 1.165) is 0 Å². The van der Waals surface area contributed by atoms with Crippen molar-refractivity contribution in [2.75, 3.05) is 5.75 Å². The quantitative estimate of drug-likeness (QED) is 0.735. The van der Waals surface area contributed by atoms with Crippen LogP contribution in [0.1, 0.15) is 11.4 Å². The molecule has 1 aromatic heterocycles. The Balaban J connectivity index is 2.37. The number of sulfone groups is 1. The van der Waals surface area contributed by atoms with Gasteiger partial charge < -0.3 is 9.67 Å². The molecule has 1 aliphatic heterocycles. The Hall–Kier alpha value is -1.37. The summed E-state index contributed by atoms with van der Waals surface area (Å²) in [5, 5.41) is 8.62. The molecule has 0 aliphatic carbocycles. The number of hydrogen-bond donors (Lipinski definition) is 1. The maximum Gasteiger partial charge on any atom is 0.323 e. The lowest BCUT2D eigenvalue weighted by Crippen LogP contribution is -2.22. The van der Waals surface area contributed by atoms with Gasteiger partial charge in [-0.25, -0.2) is 13.4 Å². The van der Waals surface area contributed by atoms with Gasteiger partial charge in [-0.1, -0.05) is 0 Å². The van der Waals surface area contributed by atoms with Gasteiger partial charge in [0.15, 0.2) is 9.84 Å². The molecule has 6 nitrogen and oxygen atoms in total. The minimum absolute atomic E-state index is 0.101. The first-order valence-corrected chi connectivity index (χ1v) is 6.25. The number of fused-ring (bicyclic) bond motifs is 1. The van der Waals surface area contributed by atoms with Gasteiger partial charge in [0.05, 0.1) is 29.2 Å². The molecule has 15 heavy (non-hydrogen) atoms. The number of aryl methyl sites for hydroxylation is 1.